The standard InChI is InChI=1S/C18H38/c1-13(2)9-15(5)11-17(7)18(8)12-16(6)10-14(3)4/h13-18H,9-12H2,1-8H3. The molecule has 0 aromatic rings. The van der Waals surface area contributed by atoms with Gasteiger partial charge in [0, 0.05) is 0 Å². The van der Waals surface area contributed by atoms with E-state index in [9.17, 15) is 0 Å². The molecule has 0 heterocycles. The van der Waals surface area contributed by atoms with E-state index in [1.807, 2.05) is 0 Å². The van der Waals surface area contributed by atoms with E-state index in [0.717, 1.165) is 35.5 Å². The summed E-state index contributed by atoms with van der Waals surface area (Å²) in [5, 5.41) is 0. The molecule has 0 amide bonds. The Morgan fingerprint density at radius 1 is 0.444 bits per heavy atom. The van der Waals surface area contributed by atoms with Crippen LogP contribution in [-0.2, 0) is 0 Å². The third kappa shape index (κ3) is 9.00. The SMILES string of the molecule is CC(C)CC(C)CC(C)C(C)CC(C)CC(C)C. The molecular formula is C18H38. The van der Waals surface area contributed by atoms with E-state index in [4.69, 9.17) is 0 Å². The van der Waals surface area contributed by atoms with Crippen molar-refractivity contribution in [2.75, 3.05) is 0 Å². The number of hydrogen-bond acceptors (Lipinski definition) is 0. The summed E-state index contributed by atoms with van der Waals surface area (Å²) < 4.78 is 0. The second-order valence-electron chi connectivity index (χ2n) is 7.90. The summed E-state index contributed by atoms with van der Waals surface area (Å²) in [4.78, 5) is 0. The highest BCUT2D eigenvalue weighted by Gasteiger charge is 2.18. The van der Waals surface area contributed by atoms with E-state index < -0.39 is 0 Å². The van der Waals surface area contributed by atoms with Crippen LogP contribution in [0.5, 0.6) is 0 Å². The van der Waals surface area contributed by atoms with Crippen molar-refractivity contribution in [3.8, 4) is 0 Å². The molecule has 0 heteroatoms. The highest BCUT2D eigenvalue weighted by Crippen LogP contribution is 2.29. The maximum atomic E-state index is 2.46. The van der Waals surface area contributed by atoms with Crippen molar-refractivity contribution < 1.29 is 0 Å². The quantitative estimate of drug-likeness (QED) is 0.446. The van der Waals surface area contributed by atoms with Crippen LogP contribution in [0.1, 0.15) is 81.1 Å². The third-order valence-electron chi connectivity index (χ3n) is 4.27. The first-order valence-corrected chi connectivity index (χ1v) is 8.22. The lowest BCUT2D eigenvalue weighted by Gasteiger charge is -2.27. The third-order valence-corrected chi connectivity index (χ3v) is 4.27. The van der Waals surface area contributed by atoms with Gasteiger partial charge in [0.2, 0.25) is 0 Å². The Morgan fingerprint density at radius 2 is 0.722 bits per heavy atom. The van der Waals surface area contributed by atoms with E-state index >= 15 is 0 Å². The van der Waals surface area contributed by atoms with Crippen molar-refractivity contribution >= 4 is 0 Å². The topological polar surface area (TPSA) is 0 Å². The van der Waals surface area contributed by atoms with Crippen LogP contribution < -0.4 is 0 Å². The number of hydrogen-bond donors (Lipinski definition) is 0. The van der Waals surface area contributed by atoms with Crippen molar-refractivity contribution in [1.29, 1.82) is 0 Å². The maximum absolute atomic E-state index is 2.46. The van der Waals surface area contributed by atoms with Crippen LogP contribution in [0, 0.1) is 35.5 Å². The molecule has 0 aromatic carbocycles. The average Bonchev–Trinajstić information content (AvgIpc) is 2.13. The summed E-state index contributed by atoms with van der Waals surface area (Å²) in [5.74, 6) is 5.25. The van der Waals surface area contributed by atoms with E-state index in [2.05, 4.69) is 55.4 Å². The molecule has 0 aromatic heterocycles. The summed E-state index contributed by atoms with van der Waals surface area (Å²) in [7, 11) is 0. The monoisotopic (exact) mass is 254 g/mol. The largest absolute Gasteiger partial charge is 0.0628 e. The van der Waals surface area contributed by atoms with Gasteiger partial charge in [0.05, 0.1) is 0 Å². The minimum atomic E-state index is 0.849. The van der Waals surface area contributed by atoms with Gasteiger partial charge in [-0.05, 0) is 61.2 Å². The summed E-state index contributed by atoms with van der Waals surface area (Å²) in [6, 6.07) is 0. The van der Waals surface area contributed by atoms with E-state index in [0.29, 0.717) is 0 Å². The van der Waals surface area contributed by atoms with Crippen molar-refractivity contribution in [2.45, 2.75) is 81.1 Å². The lowest BCUT2D eigenvalue weighted by Crippen LogP contribution is -2.16. The summed E-state index contributed by atoms with van der Waals surface area (Å²) in [6.45, 7) is 19.2. The van der Waals surface area contributed by atoms with Crippen LogP contribution in [0.15, 0.2) is 0 Å². The molecule has 0 rings (SSSR count). The molecule has 0 aliphatic heterocycles. The van der Waals surface area contributed by atoms with Gasteiger partial charge in [-0.25, -0.2) is 0 Å². The zero-order chi connectivity index (χ0) is 14.3. The van der Waals surface area contributed by atoms with Gasteiger partial charge in [0.1, 0.15) is 0 Å². The molecule has 0 saturated heterocycles. The molecule has 0 aliphatic carbocycles. The molecule has 0 fully saturated rings. The van der Waals surface area contributed by atoms with Gasteiger partial charge in [-0.3, -0.25) is 0 Å². The lowest BCUT2D eigenvalue weighted by molar-refractivity contribution is 0.243. The Balaban J connectivity index is 3.98. The van der Waals surface area contributed by atoms with Crippen molar-refractivity contribution in [1.82, 2.24) is 0 Å². The Labute approximate surface area is 117 Å². The second-order valence-corrected chi connectivity index (χ2v) is 7.90. The Hall–Kier alpha value is 0. The Morgan fingerprint density at radius 3 is 0.944 bits per heavy atom. The molecule has 0 aliphatic rings. The van der Waals surface area contributed by atoms with E-state index in [-0.39, 0.29) is 0 Å². The minimum Gasteiger partial charge on any atom is -0.0628 e. The Bertz CT molecular complexity index is 170. The molecule has 0 bridgehead atoms. The molecule has 4 atom stereocenters. The van der Waals surface area contributed by atoms with Crippen LogP contribution >= 0.6 is 0 Å². The number of rotatable bonds is 9. The van der Waals surface area contributed by atoms with Crippen LogP contribution in [0.3, 0.4) is 0 Å². The van der Waals surface area contributed by atoms with Gasteiger partial charge >= 0.3 is 0 Å². The first-order valence-electron chi connectivity index (χ1n) is 8.22. The highest BCUT2D eigenvalue weighted by molar-refractivity contribution is 4.69. The van der Waals surface area contributed by atoms with Crippen LogP contribution in [0.4, 0.5) is 0 Å². The van der Waals surface area contributed by atoms with Gasteiger partial charge in [-0.2, -0.15) is 0 Å². The normalized spacial score (nSPS) is 19.0. The van der Waals surface area contributed by atoms with Gasteiger partial charge < -0.3 is 0 Å². The molecular weight excluding hydrogens is 216 g/mol. The predicted octanol–water partition coefficient (Wildman–Crippen LogP) is 6.40. The molecule has 110 valence electrons. The highest BCUT2D eigenvalue weighted by atomic mass is 14.2. The van der Waals surface area contributed by atoms with Crippen LogP contribution in [0.25, 0.3) is 0 Å². The smallest absolute Gasteiger partial charge is 0.0414 e. The summed E-state index contributed by atoms with van der Waals surface area (Å²) in [6.07, 6.45) is 5.60. The second kappa shape index (κ2) is 8.99. The maximum Gasteiger partial charge on any atom is -0.0414 e. The first kappa shape index (κ1) is 18.0. The molecule has 0 N–H and O–H groups in total. The molecule has 0 spiro atoms. The average molecular weight is 255 g/mol. The van der Waals surface area contributed by atoms with Crippen molar-refractivity contribution in [3.63, 3.8) is 0 Å². The zero-order valence-electron chi connectivity index (χ0n) is 14.3. The summed E-state index contributed by atoms with van der Waals surface area (Å²) in [5.41, 5.74) is 0. The van der Waals surface area contributed by atoms with Gasteiger partial charge in [0.25, 0.3) is 0 Å². The fourth-order valence-corrected chi connectivity index (χ4v) is 3.54. The molecule has 0 nitrogen and oxygen atoms in total. The Kier molecular flexibility index (Phi) is 8.99. The summed E-state index contributed by atoms with van der Waals surface area (Å²) >= 11 is 0. The van der Waals surface area contributed by atoms with E-state index in [1.165, 1.54) is 25.7 Å². The van der Waals surface area contributed by atoms with Crippen molar-refractivity contribution in [3.05, 3.63) is 0 Å². The molecule has 0 saturated carbocycles. The van der Waals surface area contributed by atoms with Gasteiger partial charge in [-0.15, -0.1) is 0 Å². The fourth-order valence-electron chi connectivity index (χ4n) is 3.54. The molecule has 0 radical (unpaired) electrons. The van der Waals surface area contributed by atoms with Gasteiger partial charge in [-0.1, -0.05) is 55.4 Å². The lowest BCUT2D eigenvalue weighted by atomic mass is 9.79. The minimum absolute atomic E-state index is 0.849. The fraction of sp³-hybridized carbons (Fsp3) is 1.00. The van der Waals surface area contributed by atoms with Gasteiger partial charge in [0.15, 0.2) is 0 Å². The molecule has 4 unspecified atom stereocenters. The predicted molar refractivity (Wildman–Crippen MR) is 84.8 cm³/mol. The van der Waals surface area contributed by atoms with Crippen LogP contribution in [0.2, 0.25) is 0 Å². The van der Waals surface area contributed by atoms with Crippen molar-refractivity contribution in [2.24, 2.45) is 35.5 Å². The van der Waals surface area contributed by atoms with E-state index in [1.54, 1.807) is 0 Å². The molecule has 18 heavy (non-hydrogen) atoms. The first-order chi connectivity index (χ1) is 8.22. The zero-order valence-corrected chi connectivity index (χ0v) is 14.3. The van der Waals surface area contributed by atoms with Crippen LogP contribution in [-0.4, -0.2) is 0 Å².